The van der Waals surface area contributed by atoms with Crippen LogP contribution in [0.15, 0.2) is 24.3 Å². The van der Waals surface area contributed by atoms with Crippen LogP contribution in [0.25, 0.3) is 0 Å². The van der Waals surface area contributed by atoms with Gasteiger partial charge in [-0.25, -0.2) is 4.79 Å². The van der Waals surface area contributed by atoms with Crippen LogP contribution in [0.5, 0.6) is 5.75 Å². The van der Waals surface area contributed by atoms with Crippen LogP contribution in [0.2, 0.25) is 0 Å². The van der Waals surface area contributed by atoms with Gasteiger partial charge in [0.15, 0.2) is 0 Å². The van der Waals surface area contributed by atoms with Crippen LogP contribution in [-0.4, -0.2) is 44.1 Å². The summed E-state index contributed by atoms with van der Waals surface area (Å²) in [5.74, 6) is -0.341. The van der Waals surface area contributed by atoms with Gasteiger partial charge in [-0.3, -0.25) is 4.90 Å². The Balaban J connectivity index is 2.11. The predicted molar refractivity (Wildman–Crippen MR) is 73.6 cm³/mol. The second kappa shape index (κ2) is 7.14. The molecule has 1 aromatic rings. The van der Waals surface area contributed by atoms with E-state index < -0.39 is 19.0 Å². The highest BCUT2D eigenvalue weighted by Crippen LogP contribution is 2.13. The number of carbonyl (C=O) groups excluding carboxylic acids is 1. The van der Waals surface area contributed by atoms with Gasteiger partial charge in [-0.2, -0.15) is 0 Å². The van der Waals surface area contributed by atoms with E-state index >= 15 is 0 Å². The molecule has 1 aliphatic rings. The minimum Gasteiger partial charge on any atom is -0.492 e. The number of carbonyl (C=O) groups is 1. The Bertz CT molecular complexity index is 542. The molecule has 0 atom stereocenters. The second-order valence-corrected chi connectivity index (χ2v) is 4.38. The number of rotatable bonds is 5. The standard InChI is InChI=1S/C15H21NO3/c1-18-15(17)13-5-7-14(8-6-13)19-12-11-16-9-3-2-4-10-16/h5-8H,2-4,9-12H2,1H3/i11D2,12D2. The maximum atomic E-state index is 11.4. The summed E-state index contributed by atoms with van der Waals surface area (Å²) >= 11 is 0. The molecule has 19 heavy (non-hydrogen) atoms. The van der Waals surface area contributed by atoms with Crippen LogP contribution >= 0.6 is 0 Å². The lowest BCUT2D eigenvalue weighted by molar-refractivity contribution is 0.0600. The molecule has 0 unspecified atom stereocenters. The zero-order chi connectivity index (χ0) is 17.1. The summed E-state index contributed by atoms with van der Waals surface area (Å²) < 4.78 is 42.1. The van der Waals surface area contributed by atoms with Crippen molar-refractivity contribution >= 4 is 5.97 Å². The molecule has 2 rings (SSSR count). The molecule has 0 spiro atoms. The molecule has 1 aromatic carbocycles. The summed E-state index contributed by atoms with van der Waals surface area (Å²) in [6, 6.07) is 5.76. The van der Waals surface area contributed by atoms with Crippen LogP contribution in [0.4, 0.5) is 0 Å². The molecule has 104 valence electrons. The molecule has 0 radical (unpaired) electrons. The Morgan fingerprint density at radius 3 is 2.58 bits per heavy atom. The summed E-state index contributed by atoms with van der Waals surface area (Å²) in [6.07, 6.45) is 2.73. The fourth-order valence-corrected chi connectivity index (χ4v) is 1.93. The minimum atomic E-state index is -2.52. The Morgan fingerprint density at radius 2 is 1.95 bits per heavy atom. The molecule has 4 heteroatoms. The first-order valence-corrected chi connectivity index (χ1v) is 6.40. The smallest absolute Gasteiger partial charge is 0.337 e. The first kappa shape index (κ1) is 9.37. The number of likely N-dealkylation sites (tertiary alicyclic amines) is 1. The van der Waals surface area contributed by atoms with Gasteiger partial charge in [0.2, 0.25) is 0 Å². The number of nitrogens with zero attached hydrogens (tertiary/aromatic N) is 1. The molecular weight excluding hydrogens is 242 g/mol. The van der Waals surface area contributed by atoms with Gasteiger partial charge in [-0.15, -0.1) is 0 Å². The van der Waals surface area contributed by atoms with Crippen molar-refractivity contribution in [2.45, 2.75) is 19.3 Å². The van der Waals surface area contributed by atoms with Crippen LogP contribution in [0, 0.1) is 0 Å². The number of hydrogen-bond donors (Lipinski definition) is 0. The fourth-order valence-electron chi connectivity index (χ4n) is 1.93. The Hall–Kier alpha value is -1.55. The first-order chi connectivity index (χ1) is 10.8. The first-order valence-electron chi connectivity index (χ1n) is 8.40. The van der Waals surface area contributed by atoms with E-state index in [1.807, 2.05) is 0 Å². The van der Waals surface area contributed by atoms with Gasteiger partial charge in [-0.1, -0.05) is 6.42 Å². The minimum absolute atomic E-state index is 0.156. The van der Waals surface area contributed by atoms with Crippen LogP contribution in [0.1, 0.15) is 35.1 Å². The van der Waals surface area contributed by atoms with E-state index in [0.29, 0.717) is 18.7 Å². The van der Waals surface area contributed by atoms with E-state index in [-0.39, 0.29) is 5.75 Å². The Kier molecular flexibility index (Phi) is 3.52. The quantitative estimate of drug-likeness (QED) is 0.768. The van der Waals surface area contributed by atoms with Gasteiger partial charge in [0.1, 0.15) is 12.3 Å². The number of ether oxygens (including phenoxy) is 2. The van der Waals surface area contributed by atoms with E-state index in [4.69, 9.17) is 10.2 Å². The number of esters is 1. The van der Waals surface area contributed by atoms with Gasteiger partial charge < -0.3 is 9.47 Å². The van der Waals surface area contributed by atoms with Gasteiger partial charge in [0.25, 0.3) is 0 Å². The predicted octanol–water partition coefficient (Wildman–Crippen LogP) is 2.34. The highest BCUT2D eigenvalue weighted by atomic mass is 16.5. The summed E-state index contributed by atoms with van der Waals surface area (Å²) in [6.45, 7) is -3.74. The molecule has 0 aliphatic carbocycles. The van der Waals surface area contributed by atoms with Crippen molar-refractivity contribution in [3.63, 3.8) is 0 Å². The SMILES string of the molecule is [2H]C([2H])(Oc1ccc(C(=O)OC)cc1)C([2H])([2H])N1CCCCC1. The third-order valence-corrected chi connectivity index (χ3v) is 3.00. The van der Waals surface area contributed by atoms with E-state index in [2.05, 4.69) is 4.74 Å². The van der Waals surface area contributed by atoms with E-state index in [9.17, 15) is 4.79 Å². The normalized spacial score (nSPS) is 20.7. The van der Waals surface area contributed by atoms with E-state index in [0.717, 1.165) is 19.3 Å². The van der Waals surface area contributed by atoms with Crippen LogP contribution < -0.4 is 4.74 Å². The molecule has 0 saturated carbocycles. The lowest BCUT2D eigenvalue weighted by Gasteiger charge is -2.26. The van der Waals surface area contributed by atoms with Crippen molar-refractivity contribution in [2.24, 2.45) is 0 Å². The molecule has 1 saturated heterocycles. The largest absolute Gasteiger partial charge is 0.492 e. The number of piperidine rings is 1. The molecule has 0 amide bonds. The number of benzene rings is 1. The van der Waals surface area contributed by atoms with Crippen molar-refractivity contribution in [3.05, 3.63) is 29.8 Å². The van der Waals surface area contributed by atoms with Crippen molar-refractivity contribution in [2.75, 3.05) is 33.3 Å². The van der Waals surface area contributed by atoms with Crippen molar-refractivity contribution in [3.8, 4) is 5.75 Å². The van der Waals surface area contributed by atoms with Crippen molar-refractivity contribution < 1.29 is 19.8 Å². The van der Waals surface area contributed by atoms with Gasteiger partial charge in [-0.05, 0) is 50.2 Å². The average Bonchev–Trinajstić information content (AvgIpc) is 2.55. The van der Waals surface area contributed by atoms with E-state index in [1.165, 1.54) is 36.3 Å². The second-order valence-electron chi connectivity index (χ2n) is 4.38. The Morgan fingerprint density at radius 1 is 1.26 bits per heavy atom. The fraction of sp³-hybridized carbons (Fsp3) is 0.533. The third-order valence-electron chi connectivity index (χ3n) is 3.00. The zero-order valence-electron chi connectivity index (χ0n) is 15.0. The van der Waals surface area contributed by atoms with Crippen LogP contribution in [-0.2, 0) is 4.74 Å². The number of methoxy groups -OCH3 is 1. The summed E-state index contributed by atoms with van der Waals surface area (Å²) in [7, 11) is 1.28. The molecule has 1 fully saturated rings. The molecule has 0 bridgehead atoms. The van der Waals surface area contributed by atoms with E-state index in [1.54, 1.807) is 0 Å². The van der Waals surface area contributed by atoms with Gasteiger partial charge in [0, 0.05) is 9.24 Å². The topological polar surface area (TPSA) is 38.8 Å². The summed E-state index contributed by atoms with van der Waals surface area (Å²) in [5, 5.41) is 0. The van der Waals surface area contributed by atoms with Crippen LogP contribution in [0.3, 0.4) is 0 Å². The van der Waals surface area contributed by atoms with Gasteiger partial charge >= 0.3 is 5.97 Å². The molecular formula is C15H21NO3. The monoisotopic (exact) mass is 267 g/mol. The highest BCUT2D eigenvalue weighted by Gasteiger charge is 2.09. The summed E-state index contributed by atoms with van der Waals surface area (Å²) in [4.78, 5) is 12.9. The number of hydrogen-bond acceptors (Lipinski definition) is 4. The maximum Gasteiger partial charge on any atom is 0.337 e. The molecule has 4 nitrogen and oxygen atoms in total. The highest BCUT2D eigenvalue weighted by molar-refractivity contribution is 5.89. The van der Waals surface area contributed by atoms with Crippen molar-refractivity contribution in [1.82, 2.24) is 4.90 Å². The van der Waals surface area contributed by atoms with Gasteiger partial charge in [0.05, 0.1) is 15.4 Å². The van der Waals surface area contributed by atoms with Crippen molar-refractivity contribution in [1.29, 1.82) is 0 Å². The average molecular weight is 267 g/mol. The molecule has 1 aliphatic heterocycles. The molecule has 0 aromatic heterocycles. The zero-order valence-corrected chi connectivity index (χ0v) is 11.0. The molecule has 1 heterocycles. The Labute approximate surface area is 119 Å². The maximum absolute atomic E-state index is 11.4. The lowest BCUT2D eigenvalue weighted by Crippen LogP contribution is -2.33. The molecule has 0 N–H and O–H groups in total. The third kappa shape index (κ3) is 4.24. The lowest BCUT2D eigenvalue weighted by atomic mass is 10.1. The summed E-state index contributed by atoms with van der Waals surface area (Å²) in [5.41, 5.74) is 0.319.